The van der Waals surface area contributed by atoms with Crippen LogP contribution < -0.4 is 15.4 Å². The summed E-state index contributed by atoms with van der Waals surface area (Å²) in [4.78, 5) is 32.5. The molecule has 1 aromatic heterocycles. The smallest absolute Gasteiger partial charge is 0.278 e. The highest BCUT2D eigenvalue weighted by molar-refractivity contribution is 6.15. The number of nitrogens with zero attached hydrogens (tertiary/aromatic N) is 1. The zero-order valence-electron chi connectivity index (χ0n) is 13.5. The second-order valence-corrected chi connectivity index (χ2v) is 5.97. The van der Waals surface area contributed by atoms with Crippen LogP contribution in [-0.2, 0) is 16.1 Å². The molecule has 1 unspecified atom stereocenters. The minimum atomic E-state index is -1.64. The lowest BCUT2D eigenvalue weighted by atomic mass is 10.0. The first-order valence-corrected chi connectivity index (χ1v) is 7.88. The highest BCUT2D eigenvalue weighted by atomic mass is 16.5. The predicted molar refractivity (Wildman–Crippen MR) is 92.0 cm³/mol. The van der Waals surface area contributed by atoms with Crippen molar-refractivity contribution in [2.45, 2.75) is 19.1 Å². The first kappa shape index (κ1) is 15.2. The molecule has 7 nitrogen and oxygen atoms in total. The molecule has 7 heteroatoms. The first-order valence-electron chi connectivity index (χ1n) is 7.88. The van der Waals surface area contributed by atoms with Crippen molar-refractivity contribution in [1.29, 1.82) is 0 Å². The van der Waals surface area contributed by atoms with Gasteiger partial charge >= 0.3 is 0 Å². The molecule has 4 rings (SSSR count). The van der Waals surface area contributed by atoms with Crippen molar-refractivity contribution in [1.82, 2.24) is 15.3 Å². The zero-order valence-corrected chi connectivity index (χ0v) is 13.5. The maximum Gasteiger partial charge on any atom is 0.278 e. The molecule has 2 heterocycles. The molecular weight excluding hydrogens is 320 g/mol. The Hall–Kier alpha value is -3.35. The van der Waals surface area contributed by atoms with Crippen LogP contribution in [0.1, 0.15) is 12.7 Å². The van der Waals surface area contributed by atoms with Crippen LogP contribution in [-0.4, -0.2) is 27.4 Å². The Morgan fingerprint density at radius 2 is 1.96 bits per heavy atom. The second-order valence-electron chi connectivity index (χ2n) is 5.97. The van der Waals surface area contributed by atoms with Crippen LogP contribution in [0.2, 0.25) is 0 Å². The molecule has 1 aliphatic heterocycles. The van der Waals surface area contributed by atoms with E-state index in [1.54, 1.807) is 24.3 Å². The molecule has 25 heavy (non-hydrogen) atoms. The summed E-state index contributed by atoms with van der Waals surface area (Å²) in [6, 6.07) is 14.6. The third-order valence-corrected chi connectivity index (χ3v) is 4.17. The number of para-hydroxylation sites is 4. The predicted octanol–water partition coefficient (Wildman–Crippen LogP) is 1.97. The number of H-pyrrole nitrogens is 1. The monoisotopic (exact) mass is 336 g/mol. The number of fused-ring (bicyclic) bond motifs is 2. The van der Waals surface area contributed by atoms with Gasteiger partial charge < -0.3 is 20.4 Å². The lowest BCUT2D eigenvalue weighted by Crippen LogP contribution is -2.58. The number of aromatic amines is 1. The van der Waals surface area contributed by atoms with E-state index in [0.29, 0.717) is 17.3 Å². The van der Waals surface area contributed by atoms with Crippen LogP contribution in [0.4, 0.5) is 5.69 Å². The van der Waals surface area contributed by atoms with Gasteiger partial charge in [0.2, 0.25) is 0 Å². The van der Waals surface area contributed by atoms with E-state index >= 15 is 0 Å². The van der Waals surface area contributed by atoms with Gasteiger partial charge in [-0.2, -0.15) is 0 Å². The van der Waals surface area contributed by atoms with Gasteiger partial charge in [-0.25, -0.2) is 4.98 Å². The fourth-order valence-corrected chi connectivity index (χ4v) is 2.74. The fourth-order valence-electron chi connectivity index (χ4n) is 2.74. The number of anilines is 1. The summed E-state index contributed by atoms with van der Waals surface area (Å²) < 4.78 is 5.69. The standard InChI is InChI=1S/C18H16N4O3/c1-18(17(24)22-13-8-4-5-9-14(13)25-18)16(23)19-10-15-20-11-6-2-3-7-12(11)21-15/h2-9H,10H2,1H3,(H,19,23)(H,20,21)(H,22,24). The molecular formula is C18H16N4O3. The highest BCUT2D eigenvalue weighted by Gasteiger charge is 2.47. The summed E-state index contributed by atoms with van der Waals surface area (Å²) >= 11 is 0. The van der Waals surface area contributed by atoms with Crippen molar-refractivity contribution >= 4 is 28.5 Å². The van der Waals surface area contributed by atoms with Gasteiger partial charge in [0.25, 0.3) is 17.4 Å². The Balaban J connectivity index is 1.51. The molecule has 0 radical (unpaired) electrons. The van der Waals surface area contributed by atoms with Crippen LogP contribution >= 0.6 is 0 Å². The Morgan fingerprint density at radius 3 is 2.80 bits per heavy atom. The van der Waals surface area contributed by atoms with E-state index in [4.69, 9.17) is 4.74 Å². The van der Waals surface area contributed by atoms with Crippen LogP contribution in [0.3, 0.4) is 0 Å². The van der Waals surface area contributed by atoms with E-state index in [0.717, 1.165) is 11.0 Å². The van der Waals surface area contributed by atoms with Gasteiger partial charge in [0.1, 0.15) is 11.6 Å². The molecule has 0 spiro atoms. The van der Waals surface area contributed by atoms with Crippen molar-refractivity contribution in [3.63, 3.8) is 0 Å². The van der Waals surface area contributed by atoms with E-state index < -0.39 is 17.4 Å². The minimum Gasteiger partial charge on any atom is -0.466 e. The molecule has 2 amide bonds. The Labute approximate surface area is 143 Å². The molecule has 2 aromatic carbocycles. The van der Waals surface area contributed by atoms with Gasteiger partial charge in [0.15, 0.2) is 0 Å². The second kappa shape index (κ2) is 5.62. The third kappa shape index (κ3) is 2.59. The summed E-state index contributed by atoms with van der Waals surface area (Å²) in [6.45, 7) is 1.62. The maximum atomic E-state index is 12.6. The number of carbonyl (C=O) groups is 2. The van der Waals surface area contributed by atoms with E-state index in [-0.39, 0.29) is 6.54 Å². The Bertz CT molecular complexity index is 948. The first-order chi connectivity index (χ1) is 12.1. The average Bonchev–Trinajstić information content (AvgIpc) is 3.03. The zero-order chi connectivity index (χ0) is 17.4. The lowest BCUT2D eigenvalue weighted by molar-refractivity contribution is -0.146. The number of hydrogen-bond donors (Lipinski definition) is 3. The van der Waals surface area contributed by atoms with Crippen LogP contribution in [0.15, 0.2) is 48.5 Å². The average molecular weight is 336 g/mol. The molecule has 1 aliphatic rings. The fraction of sp³-hybridized carbons (Fsp3) is 0.167. The summed E-state index contributed by atoms with van der Waals surface area (Å²) in [7, 11) is 0. The van der Waals surface area contributed by atoms with E-state index in [9.17, 15) is 9.59 Å². The summed E-state index contributed by atoms with van der Waals surface area (Å²) in [6.07, 6.45) is 0. The van der Waals surface area contributed by atoms with Crippen LogP contribution in [0, 0.1) is 0 Å². The van der Waals surface area contributed by atoms with Crippen LogP contribution in [0.5, 0.6) is 5.75 Å². The molecule has 1 atom stereocenters. The molecule has 126 valence electrons. The lowest BCUT2D eigenvalue weighted by Gasteiger charge is -2.33. The molecule has 3 N–H and O–H groups in total. The Morgan fingerprint density at radius 1 is 1.20 bits per heavy atom. The molecule has 0 saturated carbocycles. The number of carbonyl (C=O) groups excluding carboxylic acids is 2. The molecule has 0 bridgehead atoms. The molecule has 0 fully saturated rings. The highest BCUT2D eigenvalue weighted by Crippen LogP contribution is 2.33. The number of benzene rings is 2. The van der Waals surface area contributed by atoms with E-state index in [2.05, 4.69) is 20.6 Å². The normalized spacial score (nSPS) is 19.0. The van der Waals surface area contributed by atoms with E-state index in [1.807, 2.05) is 24.3 Å². The van der Waals surface area contributed by atoms with Gasteiger partial charge in [-0.1, -0.05) is 24.3 Å². The summed E-state index contributed by atoms with van der Waals surface area (Å²) in [5, 5.41) is 5.42. The van der Waals surface area contributed by atoms with Gasteiger partial charge in [0, 0.05) is 0 Å². The quantitative estimate of drug-likeness (QED) is 0.637. The minimum absolute atomic E-state index is 0.168. The van der Waals surface area contributed by atoms with Gasteiger partial charge in [-0.3, -0.25) is 9.59 Å². The van der Waals surface area contributed by atoms with Crippen molar-refractivity contribution in [2.75, 3.05) is 5.32 Å². The van der Waals surface area contributed by atoms with Gasteiger partial charge in [0.05, 0.1) is 23.3 Å². The van der Waals surface area contributed by atoms with Gasteiger partial charge in [-0.05, 0) is 31.2 Å². The number of amides is 2. The third-order valence-electron chi connectivity index (χ3n) is 4.17. The largest absolute Gasteiger partial charge is 0.466 e. The number of nitrogens with one attached hydrogen (secondary N) is 3. The van der Waals surface area contributed by atoms with Crippen molar-refractivity contribution in [3.05, 3.63) is 54.4 Å². The SMILES string of the molecule is CC1(C(=O)NCc2nc3ccccc3[nH]2)Oc2ccccc2NC1=O. The van der Waals surface area contributed by atoms with Gasteiger partial charge in [-0.15, -0.1) is 0 Å². The van der Waals surface area contributed by atoms with Crippen molar-refractivity contribution in [3.8, 4) is 5.75 Å². The van der Waals surface area contributed by atoms with Crippen LogP contribution in [0.25, 0.3) is 11.0 Å². The van der Waals surface area contributed by atoms with Crippen molar-refractivity contribution < 1.29 is 14.3 Å². The Kier molecular flexibility index (Phi) is 3.42. The van der Waals surface area contributed by atoms with E-state index in [1.165, 1.54) is 6.92 Å². The molecule has 0 aliphatic carbocycles. The number of rotatable bonds is 3. The van der Waals surface area contributed by atoms with Crippen molar-refractivity contribution in [2.24, 2.45) is 0 Å². The number of aromatic nitrogens is 2. The number of imidazole rings is 1. The topological polar surface area (TPSA) is 96.1 Å². The summed E-state index contributed by atoms with van der Waals surface area (Å²) in [5.74, 6) is 0.0338. The molecule has 3 aromatic rings. The molecule has 0 saturated heterocycles. The number of hydrogen-bond acceptors (Lipinski definition) is 4. The number of ether oxygens (including phenoxy) is 1. The maximum absolute atomic E-state index is 12.6. The summed E-state index contributed by atoms with van der Waals surface area (Å²) in [5.41, 5.74) is 0.618.